The summed E-state index contributed by atoms with van der Waals surface area (Å²) in [5.41, 5.74) is 8.03. The van der Waals surface area contributed by atoms with Gasteiger partial charge in [-0.3, -0.25) is 5.43 Å². The van der Waals surface area contributed by atoms with E-state index >= 15 is 0 Å². The highest BCUT2D eigenvalue weighted by atomic mass is 32.1. The number of thiocarbonyl (C=S) groups is 1. The van der Waals surface area contributed by atoms with Crippen LogP contribution >= 0.6 is 12.2 Å². The molecule has 0 radical (unpaired) electrons. The minimum Gasteiger partial charge on any atom is -0.375 e. The van der Waals surface area contributed by atoms with Crippen molar-refractivity contribution in [2.75, 3.05) is 0 Å². The lowest BCUT2D eigenvalue weighted by atomic mass is 10.2. The van der Waals surface area contributed by atoms with Gasteiger partial charge >= 0.3 is 6.18 Å². The summed E-state index contributed by atoms with van der Waals surface area (Å²) in [4.78, 5) is 0. The first-order valence-electron chi connectivity index (χ1n) is 5.67. The van der Waals surface area contributed by atoms with Gasteiger partial charge in [-0.05, 0) is 29.9 Å². The van der Waals surface area contributed by atoms with Crippen LogP contribution in [0.4, 0.5) is 13.2 Å². The number of alkyl halides is 3. The fourth-order valence-corrected chi connectivity index (χ4v) is 1.55. The van der Waals surface area contributed by atoms with Gasteiger partial charge in [0.15, 0.2) is 5.11 Å². The Morgan fingerprint density at radius 3 is 2.52 bits per heavy atom. The summed E-state index contributed by atoms with van der Waals surface area (Å²) < 4.78 is 38.6. The zero-order valence-electron chi connectivity index (χ0n) is 10.5. The van der Waals surface area contributed by atoms with E-state index in [9.17, 15) is 13.2 Å². The number of nitrogens with one attached hydrogen (secondary N) is 1. The second kappa shape index (κ2) is 5.92. The van der Waals surface area contributed by atoms with E-state index in [1.54, 1.807) is 24.3 Å². The summed E-state index contributed by atoms with van der Waals surface area (Å²) in [6.45, 7) is 0. The second-order valence-corrected chi connectivity index (χ2v) is 4.44. The normalized spacial score (nSPS) is 11.8. The highest BCUT2D eigenvalue weighted by molar-refractivity contribution is 7.80. The van der Waals surface area contributed by atoms with Crippen LogP contribution in [0.5, 0.6) is 0 Å². The molecule has 0 amide bonds. The van der Waals surface area contributed by atoms with Crippen LogP contribution in [0.3, 0.4) is 0 Å². The Morgan fingerprint density at radius 1 is 1.33 bits per heavy atom. The molecule has 0 spiro atoms. The molecule has 1 aromatic carbocycles. The van der Waals surface area contributed by atoms with Gasteiger partial charge in [0.2, 0.25) is 0 Å². The molecular formula is C12H10F3N5S. The zero-order valence-corrected chi connectivity index (χ0v) is 11.3. The number of nitrogens with zero attached hydrogens (tertiary/aromatic N) is 3. The van der Waals surface area contributed by atoms with Gasteiger partial charge < -0.3 is 5.73 Å². The largest absolute Gasteiger partial charge is 0.419 e. The van der Waals surface area contributed by atoms with Crippen molar-refractivity contribution in [2.24, 2.45) is 10.8 Å². The molecule has 1 heterocycles. The molecule has 21 heavy (non-hydrogen) atoms. The molecule has 1 aromatic heterocycles. The number of nitrogens with two attached hydrogens (primary N) is 1. The number of hydrazone groups is 1. The summed E-state index contributed by atoms with van der Waals surface area (Å²) in [7, 11) is 0. The van der Waals surface area contributed by atoms with Crippen molar-refractivity contribution in [3.63, 3.8) is 0 Å². The van der Waals surface area contributed by atoms with Gasteiger partial charge in [-0.15, -0.1) is 0 Å². The fraction of sp³-hybridized carbons (Fsp3) is 0.0833. The van der Waals surface area contributed by atoms with Crippen molar-refractivity contribution in [3.8, 4) is 5.69 Å². The number of hydrogen-bond donors (Lipinski definition) is 2. The van der Waals surface area contributed by atoms with E-state index in [0.717, 1.165) is 22.6 Å². The minimum atomic E-state index is -4.41. The Hall–Kier alpha value is -2.42. The summed E-state index contributed by atoms with van der Waals surface area (Å²) in [6, 6.07) is 6.59. The van der Waals surface area contributed by atoms with Crippen LogP contribution in [0, 0.1) is 0 Å². The van der Waals surface area contributed by atoms with Gasteiger partial charge in [-0.1, -0.05) is 12.1 Å². The molecule has 0 aliphatic rings. The number of rotatable bonds is 3. The highest BCUT2D eigenvalue weighted by Gasteiger charge is 2.32. The van der Waals surface area contributed by atoms with E-state index in [1.807, 2.05) is 0 Å². The molecule has 0 aliphatic carbocycles. The van der Waals surface area contributed by atoms with Crippen LogP contribution in [-0.4, -0.2) is 21.1 Å². The van der Waals surface area contributed by atoms with Crippen molar-refractivity contribution in [3.05, 3.63) is 47.8 Å². The minimum absolute atomic E-state index is 0.0408. The Balaban J connectivity index is 2.14. The molecule has 9 heteroatoms. The standard InChI is InChI=1S/C12H10F3N5S/c13-12(14,15)9-6-18-20(7-9)10-3-1-8(2-4-10)5-17-19-11(16)21/h1-7H,(H3,16,19,21). The lowest BCUT2D eigenvalue weighted by molar-refractivity contribution is -0.137. The number of aromatic nitrogens is 2. The van der Waals surface area contributed by atoms with Gasteiger partial charge in [0.25, 0.3) is 0 Å². The molecule has 0 saturated carbocycles. The van der Waals surface area contributed by atoms with E-state index in [4.69, 9.17) is 5.73 Å². The maximum absolute atomic E-state index is 12.5. The average Bonchev–Trinajstić information content (AvgIpc) is 2.88. The number of hydrogen-bond acceptors (Lipinski definition) is 3. The third kappa shape index (κ3) is 4.02. The second-order valence-electron chi connectivity index (χ2n) is 4.00. The first-order chi connectivity index (χ1) is 9.86. The molecule has 0 aliphatic heterocycles. The molecule has 0 saturated heterocycles. The summed E-state index contributed by atoms with van der Waals surface area (Å²) in [5.74, 6) is 0. The lowest BCUT2D eigenvalue weighted by Crippen LogP contribution is -2.23. The van der Waals surface area contributed by atoms with E-state index in [-0.39, 0.29) is 5.11 Å². The molecule has 0 atom stereocenters. The maximum Gasteiger partial charge on any atom is 0.419 e. The van der Waals surface area contributed by atoms with Gasteiger partial charge in [-0.2, -0.15) is 23.4 Å². The predicted octanol–water partition coefficient (Wildman–Crippen LogP) is 2.06. The van der Waals surface area contributed by atoms with Crippen LogP contribution in [0.2, 0.25) is 0 Å². The number of halogens is 3. The molecule has 2 rings (SSSR count). The fourth-order valence-electron chi connectivity index (χ4n) is 1.49. The molecule has 3 N–H and O–H groups in total. The van der Waals surface area contributed by atoms with Crippen molar-refractivity contribution in [1.82, 2.24) is 15.2 Å². The lowest BCUT2D eigenvalue weighted by Gasteiger charge is -2.03. The Morgan fingerprint density at radius 2 is 2.00 bits per heavy atom. The van der Waals surface area contributed by atoms with E-state index in [1.165, 1.54) is 6.21 Å². The van der Waals surface area contributed by atoms with E-state index < -0.39 is 11.7 Å². The molecular weight excluding hydrogens is 303 g/mol. The monoisotopic (exact) mass is 313 g/mol. The number of benzene rings is 1. The van der Waals surface area contributed by atoms with Crippen LogP contribution in [0.25, 0.3) is 5.69 Å². The van der Waals surface area contributed by atoms with E-state index in [0.29, 0.717) is 5.69 Å². The van der Waals surface area contributed by atoms with Gasteiger partial charge in [0.1, 0.15) is 0 Å². The molecule has 0 fully saturated rings. The first kappa shape index (κ1) is 15.0. The van der Waals surface area contributed by atoms with Crippen LogP contribution in [0.15, 0.2) is 41.8 Å². The summed E-state index contributed by atoms with van der Waals surface area (Å²) >= 11 is 4.58. The van der Waals surface area contributed by atoms with Gasteiger partial charge in [0.05, 0.1) is 23.7 Å². The highest BCUT2D eigenvalue weighted by Crippen LogP contribution is 2.29. The van der Waals surface area contributed by atoms with Crippen molar-refractivity contribution in [1.29, 1.82) is 0 Å². The topological polar surface area (TPSA) is 68.2 Å². The van der Waals surface area contributed by atoms with Crippen molar-refractivity contribution < 1.29 is 13.2 Å². The average molecular weight is 313 g/mol. The third-order valence-corrected chi connectivity index (χ3v) is 2.55. The third-order valence-electron chi connectivity index (χ3n) is 2.46. The zero-order chi connectivity index (χ0) is 15.5. The maximum atomic E-state index is 12.5. The van der Waals surface area contributed by atoms with Crippen molar-refractivity contribution in [2.45, 2.75) is 6.18 Å². The van der Waals surface area contributed by atoms with Crippen LogP contribution in [0.1, 0.15) is 11.1 Å². The smallest absolute Gasteiger partial charge is 0.375 e. The Bertz CT molecular complexity index is 660. The van der Waals surface area contributed by atoms with Gasteiger partial charge in [0, 0.05) is 6.20 Å². The van der Waals surface area contributed by atoms with Gasteiger partial charge in [-0.25, -0.2) is 4.68 Å². The first-order valence-corrected chi connectivity index (χ1v) is 6.08. The quantitative estimate of drug-likeness (QED) is 0.517. The molecule has 2 aromatic rings. The van der Waals surface area contributed by atoms with Crippen LogP contribution < -0.4 is 11.2 Å². The van der Waals surface area contributed by atoms with Crippen molar-refractivity contribution >= 4 is 23.5 Å². The molecule has 0 bridgehead atoms. The van der Waals surface area contributed by atoms with E-state index in [2.05, 4.69) is 27.8 Å². The Labute approximate surface area is 123 Å². The molecule has 0 unspecified atom stereocenters. The summed E-state index contributed by atoms with van der Waals surface area (Å²) in [6.07, 6.45) is -1.22. The Kier molecular flexibility index (Phi) is 4.22. The summed E-state index contributed by atoms with van der Waals surface area (Å²) in [5, 5.41) is 7.49. The van der Waals surface area contributed by atoms with Crippen LogP contribution in [-0.2, 0) is 6.18 Å². The molecule has 110 valence electrons. The molecule has 5 nitrogen and oxygen atoms in total. The SMILES string of the molecule is NC(=S)NN=Cc1ccc(-n2cc(C(F)(F)F)cn2)cc1. The predicted molar refractivity (Wildman–Crippen MR) is 76.1 cm³/mol.